The number of carbonyl (C=O) groups excluding carboxylic acids is 1. The molecule has 0 aromatic heterocycles. The molecular formula is C24H31IN4O2. The fourth-order valence-corrected chi connectivity index (χ4v) is 4.22. The molecule has 7 heteroatoms. The van der Waals surface area contributed by atoms with Crippen LogP contribution in [0, 0.1) is 0 Å². The van der Waals surface area contributed by atoms with E-state index in [0.717, 1.165) is 35.9 Å². The number of rotatable bonds is 7. The van der Waals surface area contributed by atoms with Gasteiger partial charge in [0.1, 0.15) is 12.4 Å². The number of anilines is 1. The van der Waals surface area contributed by atoms with Crippen molar-refractivity contribution in [3.05, 3.63) is 59.7 Å². The van der Waals surface area contributed by atoms with Gasteiger partial charge in [-0.2, -0.15) is 0 Å². The number of benzene rings is 2. The molecule has 0 unspecified atom stereocenters. The van der Waals surface area contributed by atoms with Gasteiger partial charge in [-0.3, -0.25) is 9.79 Å². The Morgan fingerprint density at radius 3 is 2.65 bits per heavy atom. The second-order valence-electron chi connectivity index (χ2n) is 8.07. The van der Waals surface area contributed by atoms with E-state index in [1.807, 2.05) is 18.2 Å². The minimum atomic E-state index is 0. The number of aliphatic imine (C=N–C) groups is 1. The van der Waals surface area contributed by atoms with Gasteiger partial charge in [-0.25, -0.2) is 0 Å². The molecule has 166 valence electrons. The quantitative estimate of drug-likeness (QED) is 0.218. The lowest BCUT2D eigenvalue weighted by atomic mass is 9.64. The average molecular weight is 534 g/mol. The fraction of sp³-hybridized carbons (Fsp3) is 0.417. The molecule has 6 nitrogen and oxygen atoms in total. The van der Waals surface area contributed by atoms with Gasteiger partial charge in [0.2, 0.25) is 5.91 Å². The zero-order chi connectivity index (χ0) is 20.8. The topological polar surface area (TPSA) is 74.8 Å². The third-order valence-corrected chi connectivity index (χ3v) is 6.15. The predicted octanol–water partition coefficient (Wildman–Crippen LogP) is 3.86. The van der Waals surface area contributed by atoms with E-state index in [1.54, 1.807) is 7.05 Å². The van der Waals surface area contributed by atoms with Crippen LogP contribution in [0.2, 0.25) is 0 Å². The van der Waals surface area contributed by atoms with Crippen molar-refractivity contribution in [2.45, 2.75) is 37.5 Å². The SMILES string of the molecule is CN=C(NCCOc1ccc2c(c1)CCC(=O)N2)NCC1(c2ccccc2)CCC1.I. The Morgan fingerprint density at radius 1 is 1.13 bits per heavy atom. The summed E-state index contributed by atoms with van der Waals surface area (Å²) in [7, 11) is 1.80. The molecule has 1 aliphatic heterocycles. The van der Waals surface area contributed by atoms with E-state index in [9.17, 15) is 4.79 Å². The molecule has 1 amide bonds. The van der Waals surface area contributed by atoms with Crippen molar-refractivity contribution < 1.29 is 9.53 Å². The summed E-state index contributed by atoms with van der Waals surface area (Å²) >= 11 is 0. The van der Waals surface area contributed by atoms with Crippen molar-refractivity contribution in [2.24, 2.45) is 4.99 Å². The Balaban J connectivity index is 0.00000272. The second-order valence-corrected chi connectivity index (χ2v) is 8.07. The Hall–Kier alpha value is -2.29. The summed E-state index contributed by atoms with van der Waals surface area (Å²) in [5, 5.41) is 9.73. The first kappa shape index (κ1) is 23.4. The van der Waals surface area contributed by atoms with E-state index in [4.69, 9.17) is 4.74 Å². The zero-order valence-corrected chi connectivity index (χ0v) is 20.3. The number of fused-ring (bicyclic) bond motifs is 1. The summed E-state index contributed by atoms with van der Waals surface area (Å²) in [5.74, 6) is 1.70. The molecule has 3 N–H and O–H groups in total. The number of hydrogen-bond donors (Lipinski definition) is 3. The normalized spacial score (nSPS) is 16.8. The maximum atomic E-state index is 11.5. The summed E-state index contributed by atoms with van der Waals surface area (Å²) in [4.78, 5) is 15.8. The zero-order valence-electron chi connectivity index (χ0n) is 17.9. The van der Waals surface area contributed by atoms with Crippen LogP contribution in [-0.2, 0) is 16.6 Å². The fourth-order valence-electron chi connectivity index (χ4n) is 4.22. The summed E-state index contributed by atoms with van der Waals surface area (Å²) < 4.78 is 5.88. The molecule has 0 atom stereocenters. The van der Waals surface area contributed by atoms with Gasteiger partial charge in [0.05, 0.1) is 6.54 Å². The van der Waals surface area contributed by atoms with Crippen molar-refractivity contribution in [1.82, 2.24) is 10.6 Å². The van der Waals surface area contributed by atoms with E-state index < -0.39 is 0 Å². The summed E-state index contributed by atoms with van der Waals surface area (Å²) in [6.45, 7) is 2.08. The van der Waals surface area contributed by atoms with Gasteiger partial charge in [0.25, 0.3) is 0 Å². The lowest BCUT2D eigenvalue weighted by molar-refractivity contribution is -0.116. The smallest absolute Gasteiger partial charge is 0.224 e. The molecule has 31 heavy (non-hydrogen) atoms. The van der Waals surface area contributed by atoms with Crippen LogP contribution in [0.5, 0.6) is 5.75 Å². The van der Waals surface area contributed by atoms with E-state index >= 15 is 0 Å². The van der Waals surface area contributed by atoms with Gasteiger partial charge < -0.3 is 20.7 Å². The number of guanidine groups is 1. The Kier molecular flexibility index (Phi) is 8.17. The Morgan fingerprint density at radius 2 is 1.94 bits per heavy atom. The third kappa shape index (κ3) is 5.70. The summed E-state index contributed by atoms with van der Waals surface area (Å²) in [6.07, 6.45) is 4.99. The molecule has 1 heterocycles. The summed E-state index contributed by atoms with van der Waals surface area (Å²) in [6, 6.07) is 16.6. The molecule has 1 aliphatic carbocycles. The molecule has 2 aromatic carbocycles. The van der Waals surface area contributed by atoms with Crippen LogP contribution >= 0.6 is 24.0 Å². The molecule has 0 saturated heterocycles. The van der Waals surface area contributed by atoms with Crippen LogP contribution in [-0.4, -0.2) is 38.6 Å². The molecule has 4 rings (SSSR count). The average Bonchev–Trinajstić information content (AvgIpc) is 2.75. The first-order valence-electron chi connectivity index (χ1n) is 10.7. The third-order valence-electron chi connectivity index (χ3n) is 6.15. The number of nitrogens with zero attached hydrogens (tertiary/aromatic N) is 1. The van der Waals surface area contributed by atoms with Gasteiger partial charge in [0, 0.05) is 31.1 Å². The number of ether oxygens (including phenoxy) is 1. The molecule has 0 radical (unpaired) electrons. The molecule has 2 aromatic rings. The first-order chi connectivity index (χ1) is 14.7. The van der Waals surface area contributed by atoms with Gasteiger partial charge in [0.15, 0.2) is 5.96 Å². The number of aryl methyl sites for hydroxylation is 1. The number of amides is 1. The standard InChI is InChI=1S/C24H30N4O2.HI/c1-25-23(27-17-24(12-5-13-24)19-6-3-2-4-7-19)26-14-15-30-20-9-10-21-18(16-20)8-11-22(29)28-21;/h2-4,6-7,9-10,16H,5,8,11-15,17H2,1H3,(H,28,29)(H2,25,26,27);1H. The molecule has 0 spiro atoms. The van der Waals surface area contributed by atoms with Crippen LogP contribution in [0.15, 0.2) is 53.5 Å². The highest BCUT2D eigenvalue weighted by atomic mass is 127. The van der Waals surface area contributed by atoms with E-state index in [-0.39, 0.29) is 35.3 Å². The highest BCUT2D eigenvalue weighted by molar-refractivity contribution is 14.0. The van der Waals surface area contributed by atoms with Crippen LogP contribution in [0.3, 0.4) is 0 Å². The molecule has 1 fully saturated rings. The van der Waals surface area contributed by atoms with Crippen LogP contribution in [0.4, 0.5) is 5.69 Å². The van der Waals surface area contributed by atoms with Crippen molar-refractivity contribution in [3.63, 3.8) is 0 Å². The van der Waals surface area contributed by atoms with Crippen molar-refractivity contribution in [2.75, 3.05) is 32.1 Å². The summed E-state index contributed by atoms with van der Waals surface area (Å²) in [5.41, 5.74) is 3.65. The number of halogens is 1. The Bertz CT molecular complexity index is 913. The molecule has 1 saturated carbocycles. The van der Waals surface area contributed by atoms with E-state index in [0.29, 0.717) is 19.6 Å². The van der Waals surface area contributed by atoms with Crippen molar-refractivity contribution in [3.8, 4) is 5.75 Å². The minimum Gasteiger partial charge on any atom is -0.492 e. The van der Waals surface area contributed by atoms with E-state index in [2.05, 4.69) is 51.3 Å². The van der Waals surface area contributed by atoms with Crippen LogP contribution < -0.4 is 20.7 Å². The monoisotopic (exact) mass is 534 g/mol. The number of hydrogen-bond acceptors (Lipinski definition) is 3. The highest BCUT2D eigenvalue weighted by Crippen LogP contribution is 2.43. The molecule has 2 aliphatic rings. The van der Waals surface area contributed by atoms with E-state index in [1.165, 1.54) is 24.8 Å². The first-order valence-corrected chi connectivity index (χ1v) is 10.7. The van der Waals surface area contributed by atoms with Gasteiger partial charge >= 0.3 is 0 Å². The maximum Gasteiger partial charge on any atom is 0.224 e. The van der Waals surface area contributed by atoms with Gasteiger partial charge in [-0.05, 0) is 48.6 Å². The van der Waals surface area contributed by atoms with Crippen molar-refractivity contribution >= 4 is 41.5 Å². The Labute approximate surface area is 201 Å². The second kappa shape index (κ2) is 10.8. The minimum absolute atomic E-state index is 0. The lowest BCUT2D eigenvalue weighted by Gasteiger charge is -2.43. The number of carbonyl (C=O) groups is 1. The molecular weight excluding hydrogens is 503 g/mol. The van der Waals surface area contributed by atoms with Crippen LogP contribution in [0.1, 0.15) is 36.8 Å². The largest absolute Gasteiger partial charge is 0.492 e. The lowest BCUT2D eigenvalue weighted by Crippen LogP contribution is -2.49. The predicted molar refractivity (Wildman–Crippen MR) is 136 cm³/mol. The van der Waals surface area contributed by atoms with Gasteiger partial charge in [-0.1, -0.05) is 36.8 Å². The van der Waals surface area contributed by atoms with Crippen molar-refractivity contribution in [1.29, 1.82) is 0 Å². The number of nitrogens with one attached hydrogen (secondary N) is 3. The maximum absolute atomic E-state index is 11.5. The highest BCUT2D eigenvalue weighted by Gasteiger charge is 2.38. The van der Waals surface area contributed by atoms with Crippen LogP contribution in [0.25, 0.3) is 0 Å². The van der Waals surface area contributed by atoms with Gasteiger partial charge in [-0.15, -0.1) is 24.0 Å². The molecule has 0 bridgehead atoms.